The molecule has 0 bridgehead atoms. The fourth-order valence-electron chi connectivity index (χ4n) is 6.24. The normalized spacial score (nSPS) is 20.2. The maximum absolute atomic E-state index is 15.8. The third-order valence-corrected chi connectivity index (χ3v) is 9.00. The Morgan fingerprint density at radius 2 is 1.87 bits per heavy atom. The van der Waals surface area contributed by atoms with Gasteiger partial charge in [-0.15, -0.1) is 0 Å². The van der Waals surface area contributed by atoms with Crippen LogP contribution in [-0.4, -0.2) is 66.0 Å². The molecule has 0 spiro atoms. The Morgan fingerprint density at radius 3 is 2.47 bits per heavy atom. The molecule has 1 saturated carbocycles. The molecule has 2 aliphatic rings. The topological polar surface area (TPSA) is 143 Å². The minimum absolute atomic E-state index is 0.0345. The standard InChI is InChI=1S/C33H31ClF7N9O3/c1-31(2,3)14-32(18-5-6-19(21(35)9-18)17-11-44-48(12-17)28(38)39)27(51)49(29(42)47-32)23(13-53-30(52)46-24-10-33(24,40)41)16-4-7-20(34)22(8-16)50-26(25(36)37)43-15-45-50/h4-9,11-12,15,23-25,28H,10,13-14H2,1-3H3,(H2,42,47)(H,46,52)/t23-,24+,32-/m1/s1. The molecule has 2 amide bonds. The summed E-state index contributed by atoms with van der Waals surface area (Å²) in [5, 5.41) is 21.2. The van der Waals surface area contributed by atoms with Gasteiger partial charge in [-0.2, -0.15) is 19.0 Å². The van der Waals surface area contributed by atoms with Crippen molar-refractivity contribution >= 4 is 29.6 Å². The Kier molecular flexibility index (Phi) is 9.67. The third kappa shape index (κ3) is 7.38. The van der Waals surface area contributed by atoms with E-state index in [-0.39, 0.29) is 39.4 Å². The monoisotopic (exact) mass is 769 g/mol. The number of aromatic nitrogens is 5. The summed E-state index contributed by atoms with van der Waals surface area (Å²) in [7, 11) is 0. The number of nitrogens with one attached hydrogen (secondary N) is 3. The fourth-order valence-corrected chi connectivity index (χ4v) is 6.44. The van der Waals surface area contributed by atoms with Gasteiger partial charge < -0.3 is 15.4 Å². The van der Waals surface area contributed by atoms with Gasteiger partial charge in [0.25, 0.3) is 18.3 Å². The van der Waals surface area contributed by atoms with Crippen molar-refractivity contribution in [2.24, 2.45) is 5.41 Å². The van der Waals surface area contributed by atoms with Gasteiger partial charge in [0.05, 0.1) is 22.9 Å². The van der Waals surface area contributed by atoms with E-state index in [4.69, 9.17) is 21.7 Å². The van der Waals surface area contributed by atoms with Crippen molar-refractivity contribution in [3.63, 3.8) is 0 Å². The van der Waals surface area contributed by atoms with Gasteiger partial charge in [-0.3, -0.25) is 15.1 Å². The van der Waals surface area contributed by atoms with E-state index in [9.17, 15) is 35.9 Å². The minimum atomic E-state index is -3.12. The van der Waals surface area contributed by atoms with Gasteiger partial charge in [0.15, 0.2) is 11.8 Å². The number of benzene rings is 2. The van der Waals surface area contributed by atoms with Gasteiger partial charge >= 0.3 is 12.6 Å². The summed E-state index contributed by atoms with van der Waals surface area (Å²) in [4.78, 5) is 31.9. The van der Waals surface area contributed by atoms with Gasteiger partial charge in [-0.05, 0) is 41.2 Å². The molecule has 0 unspecified atom stereocenters. The Balaban J connectivity index is 1.41. The molecule has 1 saturated heterocycles. The molecular formula is C33H31ClF7N9O3. The van der Waals surface area contributed by atoms with Crippen molar-refractivity contribution in [3.8, 4) is 16.8 Å². The molecule has 2 aromatic carbocycles. The molecule has 1 aliphatic carbocycles. The zero-order chi connectivity index (χ0) is 38.6. The van der Waals surface area contributed by atoms with Crippen LogP contribution in [0.25, 0.3) is 16.8 Å². The largest absolute Gasteiger partial charge is 0.447 e. The number of rotatable bonds is 11. The highest BCUT2D eigenvalue weighted by atomic mass is 35.5. The molecule has 0 radical (unpaired) electrons. The molecule has 6 rings (SSSR count). The lowest BCUT2D eigenvalue weighted by molar-refractivity contribution is -0.134. The van der Waals surface area contributed by atoms with E-state index >= 15 is 4.39 Å². The number of guanidine groups is 1. The third-order valence-electron chi connectivity index (χ3n) is 8.68. The number of hydrogen-bond acceptors (Lipinski definition) is 7. The van der Waals surface area contributed by atoms with E-state index in [1.54, 1.807) is 20.8 Å². The number of nitrogens with zero attached hydrogens (tertiary/aromatic N) is 6. The molecule has 20 heteroatoms. The van der Waals surface area contributed by atoms with Crippen molar-refractivity contribution in [3.05, 3.63) is 82.9 Å². The Labute approximate surface area is 301 Å². The lowest BCUT2D eigenvalue weighted by atomic mass is 9.75. The molecule has 2 fully saturated rings. The van der Waals surface area contributed by atoms with Crippen LogP contribution in [0.5, 0.6) is 0 Å². The molecule has 12 nitrogen and oxygen atoms in total. The maximum atomic E-state index is 15.8. The number of carbonyl (C=O) groups is 2. The van der Waals surface area contributed by atoms with Crippen molar-refractivity contribution < 1.29 is 45.1 Å². The zero-order valence-electron chi connectivity index (χ0n) is 28.1. The predicted octanol–water partition coefficient (Wildman–Crippen LogP) is 7.13. The summed E-state index contributed by atoms with van der Waals surface area (Å²) < 4.78 is 103. The van der Waals surface area contributed by atoms with E-state index in [1.165, 1.54) is 30.3 Å². The molecule has 3 heterocycles. The first-order valence-electron chi connectivity index (χ1n) is 15.9. The molecule has 53 heavy (non-hydrogen) atoms. The highest BCUT2D eigenvalue weighted by Gasteiger charge is 2.58. The van der Waals surface area contributed by atoms with Crippen LogP contribution in [0.1, 0.15) is 69.6 Å². The second kappa shape index (κ2) is 13.7. The predicted molar refractivity (Wildman–Crippen MR) is 174 cm³/mol. The van der Waals surface area contributed by atoms with Crippen LogP contribution in [-0.2, 0) is 15.1 Å². The number of alkyl carbamates (subject to hydrolysis) is 1. The van der Waals surface area contributed by atoms with Gasteiger partial charge in [0.1, 0.15) is 30.3 Å². The number of halogens is 8. The first kappa shape index (κ1) is 37.6. The van der Waals surface area contributed by atoms with Crippen LogP contribution in [0, 0.1) is 16.6 Å². The molecule has 1 aliphatic heterocycles. The van der Waals surface area contributed by atoms with Crippen LogP contribution in [0.2, 0.25) is 5.02 Å². The van der Waals surface area contributed by atoms with Crippen LogP contribution in [0.4, 0.5) is 35.5 Å². The van der Waals surface area contributed by atoms with Gasteiger partial charge in [0, 0.05) is 23.7 Å². The summed E-state index contributed by atoms with van der Waals surface area (Å²) in [5.41, 5.74) is -2.51. The second-order valence-corrected chi connectivity index (χ2v) is 14.2. The van der Waals surface area contributed by atoms with Crippen molar-refractivity contribution in [1.82, 2.24) is 40.1 Å². The van der Waals surface area contributed by atoms with Crippen molar-refractivity contribution in [2.45, 2.75) is 70.1 Å². The molecule has 4 aromatic rings. The summed E-state index contributed by atoms with van der Waals surface area (Å²) in [6.07, 6.45) is -2.06. The number of amides is 2. The van der Waals surface area contributed by atoms with Gasteiger partial charge in [-0.25, -0.2) is 41.1 Å². The molecule has 2 aromatic heterocycles. The van der Waals surface area contributed by atoms with Crippen LogP contribution >= 0.6 is 11.6 Å². The highest BCUT2D eigenvalue weighted by Crippen LogP contribution is 2.44. The molecule has 282 valence electrons. The lowest BCUT2D eigenvalue weighted by Gasteiger charge is -2.35. The number of ether oxygens (including phenoxy) is 1. The Bertz CT molecular complexity index is 2070. The maximum Gasteiger partial charge on any atom is 0.407 e. The zero-order valence-corrected chi connectivity index (χ0v) is 28.8. The number of hydrogen-bond donors (Lipinski definition) is 3. The molecule has 3 atom stereocenters. The first-order chi connectivity index (χ1) is 24.8. The average Bonchev–Trinajstić information content (AvgIpc) is 3.52. The Morgan fingerprint density at radius 1 is 1.15 bits per heavy atom. The van der Waals surface area contributed by atoms with E-state index in [2.05, 4.69) is 20.5 Å². The van der Waals surface area contributed by atoms with Crippen LogP contribution in [0.3, 0.4) is 0 Å². The van der Waals surface area contributed by atoms with Gasteiger partial charge in [-0.1, -0.05) is 50.6 Å². The van der Waals surface area contributed by atoms with E-state index in [0.29, 0.717) is 4.68 Å². The SMILES string of the molecule is CC(C)(C)C[C@]1(c2ccc(-c3cnn(C(F)F)c3)c(F)c2)NC(=N)N([C@H](COC(=O)N[C@H]2CC2(F)F)c2ccc(Cl)c(-n3ncnc3C(F)F)c2)C1=O. The minimum Gasteiger partial charge on any atom is -0.447 e. The van der Waals surface area contributed by atoms with Crippen molar-refractivity contribution in [1.29, 1.82) is 5.41 Å². The summed E-state index contributed by atoms with van der Waals surface area (Å²) in [6, 6.07) is 4.79. The summed E-state index contributed by atoms with van der Waals surface area (Å²) in [5.74, 6) is -6.12. The van der Waals surface area contributed by atoms with E-state index in [1.807, 2.05) is 5.32 Å². The van der Waals surface area contributed by atoms with E-state index < -0.39 is 84.6 Å². The van der Waals surface area contributed by atoms with Crippen LogP contribution < -0.4 is 10.6 Å². The first-order valence-corrected chi connectivity index (χ1v) is 16.3. The van der Waals surface area contributed by atoms with Crippen LogP contribution in [0.15, 0.2) is 55.1 Å². The fraction of sp³-hybridized carbons (Fsp3) is 0.394. The molecule has 3 N–H and O–H groups in total. The lowest BCUT2D eigenvalue weighted by Crippen LogP contribution is -2.47. The number of alkyl halides is 6. The second-order valence-electron chi connectivity index (χ2n) is 13.8. The quantitative estimate of drug-likeness (QED) is 0.138. The smallest absolute Gasteiger partial charge is 0.407 e. The summed E-state index contributed by atoms with van der Waals surface area (Å²) >= 11 is 6.38. The number of carbonyl (C=O) groups excluding carboxylic acids is 2. The average molecular weight is 770 g/mol. The summed E-state index contributed by atoms with van der Waals surface area (Å²) in [6.45, 7) is 1.69. The van der Waals surface area contributed by atoms with Crippen molar-refractivity contribution in [2.75, 3.05) is 6.61 Å². The molecular weight excluding hydrogens is 739 g/mol. The van der Waals surface area contributed by atoms with E-state index in [0.717, 1.165) is 34.4 Å². The Hall–Kier alpha value is -5.20. The van der Waals surface area contributed by atoms with Gasteiger partial charge in [0.2, 0.25) is 0 Å². The highest BCUT2D eigenvalue weighted by molar-refractivity contribution is 6.32.